The molecule has 0 bridgehead atoms. The average molecular weight is 471 g/mol. The largest absolute Gasteiger partial charge is 0.493 e. The number of esters is 1. The number of aliphatic carboxylic acids is 1. The van der Waals surface area contributed by atoms with Crippen LogP contribution in [0.5, 0.6) is 23.0 Å². The molecule has 2 heterocycles. The van der Waals surface area contributed by atoms with Crippen molar-refractivity contribution in [2.45, 2.75) is 24.8 Å². The number of nitrogens with zero attached hydrogens (tertiary/aromatic N) is 1. The highest BCUT2D eigenvalue weighted by Gasteiger charge is 2.45. The van der Waals surface area contributed by atoms with Crippen LogP contribution in [-0.4, -0.2) is 62.5 Å². The first kappa shape index (κ1) is 23.2. The van der Waals surface area contributed by atoms with E-state index in [4.69, 9.17) is 23.7 Å². The number of methoxy groups -OCH3 is 3. The maximum atomic E-state index is 13.7. The molecule has 2 atom stereocenters. The summed E-state index contributed by atoms with van der Waals surface area (Å²) in [5.41, 5.74) is 1.10. The number of ether oxygens (including phenoxy) is 5. The third-order valence-electron chi connectivity index (χ3n) is 6.05. The zero-order valence-electron chi connectivity index (χ0n) is 19.0. The summed E-state index contributed by atoms with van der Waals surface area (Å²) in [6.45, 7) is 0.206. The molecule has 0 saturated heterocycles. The second kappa shape index (κ2) is 9.50. The predicted molar refractivity (Wildman–Crippen MR) is 118 cm³/mol. The highest BCUT2D eigenvalue weighted by Crippen LogP contribution is 2.47. The summed E-state index contributed by atoms with van der Waals surface area (Å²) in [5.74, 6) is -1.35. The minimum absolute atomic E-state index is 0.0629. The van der Waals surface area contributed by atoms with Gasteiger partial charge < -0.3 is 33.7 Å². The molecule has 180 valence electrons. The fourth-order valence-corrected chi connectivity index (χ4v) is 4.44. The summed E-state index contributed by atoms with van der Waals surface area (Å²) in [6.07, 6.45) is 0.388. The van der Waals surface area contributed by atoms with E-state index in [1.54, 1.807) is 18.2 Å². The maximum Gasteiger partial charge on any atom is 0.313 e. The van der Waals surface area contributed by atoms with Gasteiger partial charge >= 0.3 is 11.9 Å². The summed E-state index contributed by atoms with van der Waals surface area (Å²) in [5, 5.41) is 10.3. The monoisotopic (exact) mass is 471 g/mol. The van der Waals surface area contributed by atoms with Gasteiger partial charge in [-0.05, 0) is 41.8 Å². The fraction of sp³-hybridized carbons (Fsp3) is 0.375. The molecule has 4 rings (SSSR count). The molecule has 0 fully saturated rings. The van der Waals surface area contributed by atoms with Gasteiger partial charge in [0.25, 0.3) is 5.91 Å². The summed E-state index contributed by atoms with van der Waals surface area (Å²) in [4.78, 5) is 39.4. The normalized spacial score (nSPS) is 18.3. The molecule has 34 heavy (non-hydrogen) atoms. The third kappa shape index (κ3) is 4.07. The predicted octanol–water partition coefficient (Wildman–Crippen LogP) is 2.75. The molecule has 1 N–H and O–H groups in total. The van der Waals surface area contributed by atoms with Crippen molar-refractivity contribution in [3.63, 3.8) is 0 Å². The Bertz CT molecular complexity index is 1130. The van der Waals surface area contributed by atoms with Crippen LogP contribution in [0, 0.1) is 0 Å². The number of fused-ring (bicyclic) bond motifs is 2. The lowest BCUT2D eigenvalue weighted by molar-refractivity contribution is -0.142. The van der Waals surface area contributed by atoms with Gasteiger partial charge in [0, 0.05) is 18.5 Å². The molecular formula is C24H25NO9. The Balaban J connectivity index is 1.84. The van der Waals surface area contributed by atoms with Gasteiger partial charge in [-0.2, -0.15) is 0 Å². The van der Waals surface area contributed by atoms with Crippen LogP contribution in [0.15, 0.2) is 30.3 Å². The summed E-state index contributed by atoms with van der Waals surface area (Å²) in [6, 6.07) is 7.28. The SMILES string of the molecule is COC(=O)CCCN1C(=O)c2cc(OC)c(OC)cc2[C@@H](C(=O)O)[C@H]1c1ccc2c(c1)OCO2. The first-order chi connectivity index (χ1) is 16.4. The van der Waals surface area contributed by atoms with Gasteiger partial charge in [-0.1, -0.05) is 6.07 Å². The highest BCUT2D eigenvalue weighted by molar-refractivity contribution is 6.01. The molecule has 0 aromatic heterocycles. The summed E-state index contributed by atoms with van der Waals surface area (Å²) < 4.78 is 26.3. The van der Waals surface area contributed by atoms with Crippen molar-refractivity contribution in [2.24, 2.45) is 0 Å². The Labute approximate surface area is 195 Å². The quantitative estimate of drug-likeness (QED) is 0.579. The van der Waals surface area contributed by atoms with Crippen LogP contribution in [-0.2, 0) is 14.3 Å². The van der Waals surface area contributed by atoms with Gasteiger partial charge in [0.05, 0.1) is 27.4 Å². The van der Waals surface area contributed by atoms with Gasteiger partial charge in [0.15, 0.2) is 23.0 Å². The van der Waals surface area contributed by atoms with Crippen LogP contribution in [0.25, 0.3) is 0 Å². The molecule has 2 aromatic rings. The molecule has 10 nitrogen and oxygen atoms in total. The molecular weight excluding hydrogens is 446 g/mol. The number of carbonyl (C=O) groups is 3. The van der Waals surface area contributed by atoms with Crippen molar-refractivity contribution >= 4 is 17.8 Å². The van der Waals surface area contributed by atoms with Gasteiger partial charge in [0.2, 0.25) is 6.79 Å². The van der Waals surface area contributed by atoms with Gasteiger partial charge in [-0.3, -0.25) is 14.4 Å². The van der Waals surface area contributed by atoms with E-state index in [1.807, 2.05) is 0 Å². The summed E-state index contributed by atoms with van der Waals surface area (Å²) in [7, 11) is 4.18. The molecule has 0 radical (unpaired) electrons. The van der Waals surface area contributed by atoms with Crippen LogP contribution < -0.4 is 18.9 Å². The second-order valence-electron chi connectivity index (χ2n) is 7.85. The number of carboxylic acid groups (broad SMARTS) is 1. The van der Waals surface area contributed by atoms with E-state index in [0.29, 0.717) is 40.5 Å². The van der Waals surface area contributed by atoms with Crippen molar-refractivity contribution in [3.8, 4) is 23.0 Å². The van der Waals surface area contributed by atoms with Gasteiger partial charge in [-0.25, -0.2) is 0 Å². The Morgan fingerprint density at radius 2 is 1.76 bits per heavy atom. The van der Waals surface area contributed by atoms with E-state index >= 15 is 0 Å². The second-order valence-corrected chi connectivity index (χ2v) is 7.85. The Morgan fingerprint density at radius 3 is 2.44 bits per heavy atom. The first-order valence-corrected chi connectivity index (χ1v) is 10.7. The van der Waals surface area contributed by atoms with E-state index in [-0.39, 0.29) is 31.2 Å². The standard InChI is InChI=1S/C24H25NO9/c1-30-17-10-14-15(11-18(17)31-2)23(27)25(8-4-5-20(26)32-3)22(21(14)24(28)29)13-6-7-16-19(9-13)34-12-33-16/h6-7,9-11,21-22H,4-5,8,12H2,1-3H3,(H,28,29)/t21-,22-/m1/s1. The number of carboxylic acids is 1. The lowest BCUT2D eigenvalue weighted by atomic mass is 9.79. The Kier molecular flexibility index (Phi) is 6.49. The van der Waals surface area contributed by atoms with Crippen molar-refractivity contribution in [2.75, 3.05) is 34.7 Å². The van der Waals surface area contributed by atoms with Gasteiger partial charge in [-0.15, -0.1) is 0 Å². The zero-order valence-corrected chi connectivity index (χ0v) is 19.0. The molecule has 0 saturated carbocycles. The van der Waals surface area contributed by atoms with Crippen LogP contribution in [0.4, 0.5) is 0 Å². The van der Waals surface area contributed by atoms with Crippen molar-refractivity contribution < 1.29 is 43.2 Å². The van der Waals surface area contributed by atoms with Crippen LogP contribution >= 0.6 is 0 Å². The Morgan fingerprint density at radius 1 is 1.06 bits per heavy atom. The topological polar surface area (TPSA) is 121 Å². The van der Waals surface area contributed by atoms with Gasteiger partial charge in [0.1, 0.15) is 5.92 Å². The molecule has 2 aliphatic rings. The first-order valence-electron chi connectivity index (χ1n) is 10.7. The average Bonchev–Trinajstić information content (AvgIpc) is 3.31. The van der Waals surface area contributed by atoms with E-state index in [2.05, 4.69) is 0 Å². The van der Waals surface area contributed by atoms with E-state index < -0.39 is 23.9 Å². The zero-order chi connectivity index (χ0) is 24.4. The lowest BCUT2D eigenvalue weighted by Gasteiger charge is -2.41. The van der Waals surface area contributed by atoms with Crippen molar-refractivity contribution in [1.82, 2.24) is 4.90 Å². The van der Waals surface area contributed by atoms with Crippen molar-refractivity contribution in [1.29, 1.82) is 0 Å². The number of amides is 1. The highest BCUT2D eigenvalue weighted by atomic mass is 16.7. The fourth-order valence-electron chi connectivity index (χ4n) is 4.44. The minimum Gasteiger partial charge on any atom is -0.493 e. The Hall–Kier alpha value is -3.95. The minimum atomic E-state index is -1.11. The van der Waals surface area contributed by atoms with E-state index in [9.17, 15) is 19.5 Å². The van der Waals surface area contributed by atoms with Crippen molar-refractivity contribution in [3.05, 3.63) is 47.0 Å². The smallest absolute Gasteiger partial charge is 0.313 e. The molecule has 0 unspecified atom stereocenters. The number of benzene rings is 2. The molecule has 1 amide bonds. The maximum absolute atomic E-state index is 13.7. The van der Waals surface area contributed by atoms with E-state index in [0.717, 1.165) is 0 Å². The molecule has 0 aliphatic carbocycles. The number of carbonyl (C=O) groups excluding carboxylic acids is 2. The molecule has 2 aliphatic heterocycles. The molecule has 10 heteroatoms. The third-order valence-corrected chi connectivity index (χ3v) is 6.05. The summed E-state index contributed by atoms with van der Waals surface area (Å²) >= 11 is 0. The number of hydrogen-bond acceptors (Lipinski definition) is 8. The molecule has 2 aromatic carbocycles. The van der Waals surface area contributed by atoms with Crippen LogP contribution in [0.1, 0.15) is 46.3 Å². The molecule has 0 spiro atoms. The number of hydrogen-bond donors (Lipinski definition) is 1. The van der Waals surface area contributed by atoms with Crippen LogP contribution in [0.2, 0.25) is 0 Å². The number of rotatable bonds is 8. The van der Waals surface area contributed by atoms with E-state index in [1.165, 1.54) is 38.4 Å². The van der Waals surface area contributed by atoms with Crippen LogP contribution in [0.3, 0.4) is 0 Å². The lowest BCUT2D eigenvalue weighted by Crippen LogP contribution is -2.45.